The molecule has 0 atom stereocenters. The zero-order chi connectivity index (χ0) is 54.9. The quantitative estimate of drug-likeness (QED) is 0.0361. The zero-order valence-electron chi connectivity index (χ0n) is 44.8. The monoisotopic (exact) mass is 1030 g/mol. The molecule has 0 amide bonds. The molecule has 14 heteroatoms. The molecule has 3 aliphatic rings. The van der Waals surface area contributed by atoms with Crippen LogP contribution in [-0.2, 0) is 21.7 Å². The van der Waals surface area contributed by atoms with Gasteiger partial charge < -0.3 is 50.7 Å². The molecule has 9 aromatic rings. The minimum atomic E-state index is -1.15. The van der Waals surface area contributed by atoms with Gasteiger partial charge in [-0.3, -0.25) is 13.7 Å². The Morgan fingerprint density at radius 2 is 0.896 bits per heavy atom. The molecule has 0 unspecified atom stereocenters. The average Bonchev–Trinajstić information content (AvgIpc) is 3.72. The standard InChI is InChI=1S/C63H60BN3O10/c1-60(2,3)31-16-19-34(20-17-31)65-44-30-36(67-48-50(68)52(70)54(72)56(74)58(48)76-77-59-49(67)51(69)53(71)55(73)57(59)75)22-24-41(44)64-42-26-32(61(4,5)6)18-25-43(42)66(46-28-33(62(7,8)9)27-45(65)47(46)64)35-21-23-40-38(29-35)37-14-12-13-15-39(37)63(40,10)11/h12-30,68-75H,1-11H3. The highest BCUT2D eigenvalue weighted by Gasteiger charge is 2.46. The Morgan fingerprint density at radius 3 is 1.47 bits per heavy atom. The van der Waals surface area contributed by atoms with Crippen molar-refractivity contribution in [3.63, 3.8) is 0 Å². The van der Waals surface area contributed by atoms with Crippen LogP contribution in [0.3, 0.4) is 0 Å². The highest BCUT2D eigenvalue weighted by atomic mass is 17.0. The highest BCUT2D eigenvalue weighted by Crippen LogP contribution is 2.56. The number of phenolic OH excluding ortho intramolecular Hbond substituents is 8. The fourth-order valence-electron chi connectivity index (χ4n) is 11.9. The lowest BCUT2D eigenvalue weighted by Crippen LogP contribution is -2.61. The number of rotatable bonds is 3. The molecular formula is C63H60BN3O10. The van der Waals surface area contributed by atoms with Crippen LogP contribution in [0.1, 0.15) is 104 Å². The van der Waals surface area contributed by atoms with Crippen molar-refractivity contribution >= 4 is 79.4 Å². The van der Waals surface area contributed by atoms with Crippen LogP contribution in [0.15, 0.2) is 124 Å². The van der Waals surface area contributed by atoms with E-state index in [4.69, 9.17) is 9.15 Å². The molecular weight excluding hydrogens is 970 g/mol. The Hall–Kier alpha value is -8.78. The Bertz CT molecular complexity index is 4000. The van der Waals surface area contributed by atoms with Gasteiger partial charge in [0.15, 0.2) is 11.5 Å². The summed E-state index contributed by atoms with van der Waals surface area (Å²) in [5.74, 6) is -8.77. The second kappa shape index (κ2) is 16.1. The molecule has 3 heterocycles. The first-order valence-corrected chi connectivity index (χ1v) is 25.8. The molecule has 12 rings (SSSR count). The third kappa shape index (κ3) is 6.99. The second-order valence-corrected chi connectivity index (χ2v) is 24.4. The number of aromatic nitrogens is 1. The minimum absolute atomic E-state index is 0.120. The Morgan fingerprint density at radius 1 is 0.403 bits per heavy atom. The van der Waals surface area contributed by atoms with Gasteiger partial charge in [0.2, 0.25) is 34.5 Å². The van der Waals surface area contributed by atoms with Crippen molar-refractivity contribution in [1.29, 1.82) is 0 Å². The summed E-state index contributed by atoms with van der Waals surface area (Å²) in [5.41, 5.74) is 13.1. The normalized spacial score (nSPS) is 14.4. The van der Waals surface area contributed by atoms with Gasteiger partial charge in [-0.2, -0.15) is 0 Å². The van der Waals surface area contributed by atoms with Gasteiger partial charge in [-0.25, -0.2) is 0 Å². The summed E-state index contributed by atoms with van der Waals surface area (Å²) in [4.78, 5) is 4.61. The molecule has 8 N–H and O–H groups in total. The van der Waals surface area contributed by atoms with E-state index in [2.05, 4.69) is 183 Å². The molecule has 1 aromatic heterocycles. The summed E-state index contributed by atoms with van der Waals surface area (Å²) in [7, 11) is 0. The van der Waals surface area contributed by atoms with E-state index in [-0.39, 0.29) is 27.3 Å². The lowest BCUT2D eigenvalue weighted by Gasteiger charge is -2.45. The van der Waals surface area contributed by atoms with Crippen molar-refractivity contribution in [1.82, 2.24) is 4.57 Å². The summed E-state index contributed by atoms with van der Waals surface area (Å²) < 4.78 is 12.0. The molecule has 0 saturated carbocycles. The molecule has 1 aliphatic carbocycles. The van der Waals surface area contributed by atoms with Crippen LogP contribution in [0.25, 0.3) is 39.0 Å². The van der Waals surface area contributed by atoms with Gasteiger partial charge in [0.25, 0.3) is 17.9 Å². The van der Waals surface area contributed by atoms with Gasteiger partial charge in [-0.1, -0.05) is 137 Å². The van der Waals surface area contributed by atoms with Crippen LogP contribution in [0.4, 0.5) is 34.1 Å². The molecule has 0 bridgehead atoms. The smallest absolute Gasteiger partial charge is 0.252 e. The van der Waals surface area contributed by atoms with Crippen molar-refractivity contribution in [3.05, 3.63) is 143 Å². The number of hydrogen-bond donors (Lipinski definition) is 8. The zero-order valence-corrected chi connectivity index (χ0v) is 44.8. The first-order valence-electron chi connectivity index (χ1n) is 25.8. The minimum Gasteiger partial charge on any atom is -0.503 e. The van der Waals surface area contributed by atoms with Crippen LogP contribution in [0, 0.1) is 0 Å². The Kier molecular flexibility index (Phi) is 10.3. The van der Waals surface area contributed by atoms with E-state index in [1.54, 1.807) is 12.1 Å². The van der Waals surface area contributed by atoms with Crippen molar-refractivity contribution in [2.75, 3.05) is 9.80 Å². The maximum Gasteiger partial charge on any atom is 0.252 e. The second-order valence-electron chi connectivity index (χ2n) is 24.4. The van der Waals surface area contributed by atoms with Gasteiger partial charge in [-0.05, 0) is 126 Å². The summed E-state index contributed by atoms with van der Waals surface area (Å²) in [6.45, 7) is 23.9. The third-order valence-corrected chi connectivity index (χ3v) is 16.2. The molecule has 0 spiro atoms. The first-order chi connectivity index (χ1) is 36.2. The first kappa shape index (κ1) is 49.1. The van der Waals surface area contributed by atoms with E-state index in [0.717, 1.165) is 66.1 Å². The number of phenols is 8. The van der Waals surface area contributed by atoms with Crippen LogP contribution in [0.2, 0.25) is 0 Å². The lowest BCUT2D eigenvalue weighted by atomic mass is 9.33. The topological polar surface area (TPSA) is 200 Å². The summed E-state index contributed by atoms with van der Waals surface area (Å²) >= 11 is 0. The van der Waals surface area contributed by atoms with Crippen LogP contribution in [-0.4, -0.2) is 52.1 Å². The van der Waals surface area contributed by atoms with E-state index in [0.29, 0.717) is 5.69 Å². The lowest BCUT2D eigenvalue weighted by molar-refractivity contribution is 0.0869. The highest BCUT2D eigenvalue weighted by molar-refractivity contribution is 7.00. The Labute approximate surface area is 445 Å². The molecule has 0 saturated heterocycles. The number of fused-ring (bicyclic) bond motifs is 9. The fraction of sp³-hybridized carbons (Fsp3) is 0.238. The number of nitrogens with zero attached hydrogens (tertiary/aromatic N) is 3. The number of aromatic hydroxyl groups is 8. The van der Waals surface area contributed by atoms with Crippen molar-refractivity contribution in [2.24, 2.45) is 0 Å². The van der Waals surface area contributed by atoms with Gasteiger partial charge in [0.05, 0.1) is 0 Å². The van der Waals surface area contributed by atoms with E-state index in [1.165, 1.54) is 22.3 Å². The van der Waals surface area contributed by atoms with Gasteiger partial charge in [0.1, 0.15) is 11.0 Å². The van der Waals surface area contributed by atoms with Crippen LogP contribution >= 0.6 is 0 Å². The molecule has 77 heavy (non-hydrogen) atoms. The number of benzene rings is 8. The third-order valence-electron chi connectivity index (χ3n) is 16.2. The predicted molar refractivity (Wildman–Crippen MR) is 304 cm³/mol. The largest absolute Gasteiger partial charge is 0.503 e. The van der Waals surface area contributed by atoms with Crippen LogP contribution < -0.4 is 26.2 Å². The fourth-order valence-corrected chi connectivity index (χ4v) is 11.9. The number of hydrogen-bond acceptors (Lipinski definition) is 12. The molecule has 0 fully saturated rings. The van der Waals surface area contributed by atoms with Gasteiger partial charge in [0, 0.05) is 45.2 Å². The van der Waals surface area contributed by atoms with E-state index < -0.39 is 74.9 Å². The summed E-state index contributed by atoms with van der Waals surface area (Å²) in [6.07, 6.45) is 0. The van der Waals surface area contributed by atoms with Crippen molar-refractivity contribution in [3.8, 4) is 62.8 Å². The Balaban J connectivity index is 1.23. The summed E-state index contributed by atoms with van der Waals surface area (Å²) in [6, 6.07) is 40.8. The molecule has 0 radical (unpaired) electrons. The molecule has 390 valence electrons. The van der Waals surface area contributed by atoms with Gasteiger partial charge >= 0.3 is 0 Å². The van der Waals surface area contributed by atoms with Gasteiger partial charge in [-0.15, -0.1) is 0 Å². The van der Waals surface area contributed by atoms with E-state index in [9.17, 15) is 40.9 Å². The average molecular weight is 1030 g/mol. The van der Waals surface area contributed by atoms with E-state index in [1.807, 2.05) is 6.07 Å². The molecule has 8 aromatic carbocycles. The SMILES string of the molecule is CC(C)(C)c1ccc(N2c3cc(-n4c5c(O)c(O)c(O)c(O)c5ooc5c(O)c(O)c(O)c(O)c54)ccc3B3c4cc(C(C)(C)C)ccc4N(c4ccc5c(c4)-c4ccccc4C5(C)C)c4cc(C(C)(C)C)cc2c43)cc1. The van der Waals surface area contributed by atoms with Crippen LogP contribution in [0.5, 0.6) is 46.0 Å². The number of anilines is 6. The molecule has 13 nitrogen and oxygen atoms in total. The maximum atomic E-state index is 11.8. The maximum absolute atomic E-state index is 11.8. The van der Waals surface area contributed by atoms with E-state index >= 15 is 0 Å². The predicted octanol–water partition coefficient (Wildman–Crippen LogP) is 13.0. The van der Waals surface area contributed by atoms with Crippen molar-refractivity contribution in [2.45, 2.75) is 97.8 Å². The summed E-state index contributed by atoms with van der Waals surface area (Å²) in [5, 5.41) is 90.1. The van der Waals surface area contributed by atoms with Crippen molar-refractivity contribution < 1.29 is 50.0 Å². The molecule has 2 aliphatic heterocycles.